The van der Waals surface area contributed by atoms with Crippen molar-refractivity contribution in [3.63, 3.8) is 0 Å². The van der Waals surface area contributed by atoms with E-state index in [0.717, 1.165) is 0 Å². The summed E-state index contributed by atoms with van der Waals surface area (Å²) in [6.45, 7) is 1.77. The second kappa shape index (κ2) is 4.17. The molecule has 2 aromatic rings. The molecule has 0 spiro atoms. The highest BCUT2D eigenvalue weighted by Crippen LogP contribution is 2.10. The van der Waals surface area contributed by atoms with Crippen molar-refractivity contribution in [1.29, 1.82) is 0 Å². The molecule has 0 saturated heterocycles. The molecule has 0 unspecified atom stereocenters. The molecule has 0 fully saturated rings. The zero-order valence-corrected chi connectivity index (χ0v) is 10.0. The molecular weight excluding hydrogens is 275 g/mol. The van der Waals surface area contributed by atoms with Crippen LogP contribution in [0.3, 0.4) is 0 Å². The Morgan fingerprint density at radius 2 is 1.94 bits per heavy atom. The van der Waals surface area contributed by atoms with Crippen molar-refractivity contribution >= 4 is 15.9 Å². The van der Waals surface area contributed by atoms with Gasteiger partial charge in [-0.15, -0.1) is 0 Å². The summed E-state index contributed by atoms with van der Waals surface area (Å²) in [6.07, 6.45) is 1.58. The maximum atomic E-state index is 12.8. The average Bonchev–Trinajstić information content (AvgIpc) is 2.27. The van der Waals surface area contributed by atoms with Crippen molar-refractivity contribution in [2.75, 3.05) is 0 Å². The normalized spacial score (nSPS) is 10.4. The SMILES string of the molecule is Cc1cnc(Br)c(=O)n1-c1ccc(F)cc1. The third-order valence-electron chi connectivity index (χ3n) is 2.18. The fourth-order valence-electron chi connectivity index (χ4n) is 1.43. The van der Waals surface area contributed by atoms with Gasteiger partial charge in [0.2, 0.25) is 0 Å². The standard InChI is InChI=1S/C11H8BrFN2O/c1-7-6-14-10(12)11(16)15(7)9-4-2-8(13)3-5-9/h2-6H,1H3. The van der Waals surface area contributed by atoms with Gasteiger partial charge in [0, 0.05) is 17.6 Å². The van der Waals surface area contributed by atoms with E-state index in [1.807, 2.05) is 0 Å². The highest BCUT2D eigenvalue weighted by molar-refractivity contribution is 9.10. The van der Waals surface area contributed by atoms with Crippen LogP contribution in [0.1, 0.15) is 5.69 Å². The fourth-order valence-corrected chi connectivity index (χ4v) is 1.71. The summed E-state index contributed by atoms with van der Waals surface area (Å²) in [5.41, 5.74) is 1.05. The summed E-state index contributed by atoms with van der Waals surface area (Å²) in [6, 6.07) is 5.73. The van der Waals surface area contributed by atoms with Crippen LogP contribution >= 0.6 is 15.9 Å². The topological polar surface area (TPSA) is 34.9 Å². The number of nitrogens with zero attached hydrogens (tertiary/aromatic N) is 2. The van der Waals surface area contributed by atoms with Crippen LogP contribution in [-0.4, -0.2) is 9.55 Å². The Morgan fingerprint density at radius 3 is 2.56 bits per heavy atom. The molecular formula is C11H8BrFN2O. The van der Waals surface area contributed by atoms with Crippen LogP contribution in [0.2, 0.25) is 0 Å². The molecule has 5 heteroatoms. The van der Waals surface area contributed by atoms with Gasteiger partial charge < -0.3 is 0 Å². The van der Waals surface area contributed by atoms with E-state index in [2.05, 4.69) is 20.9 Å². The Balaban J connectivity index is 2.69. The van der Waals surface area contributed by atoms with Crippen molar-refractivity contribution in [3.05, 3.63) is 56.9 Å². The molecule has 1 aromatic carbocycles. The molecule has 82 valence electrons. The van der Waals surface area contributed by atoms with E-state index in [1.165, 1.54) is 16.7 Å². The van der Waals surface area contributed by atoms with Gasteiger partial charge in [-0.3, -0.25) is 9.36 Å². The van der Waals surface area contributed by atoms with Gasteiger partial charge in [-0.1, -0.05) is 0 Å². The molecule has 0 aliphatic heterocycles. The lowest BCUT2D eigenvalue weighted by Crippen LogP contribution is -2.22. The zero-order chi connectivity index (χ0) is 11.7. The molecule has 0 aliphatic rings. The third-order valence-corrected chi connectivity index (χ3v) is 2.73. The Morgan fingerprint density at radius 1 is 1.31 bits per heavy atom. The first-order valence-corrected chi connectivity index (χ1v) is 5.39. The number of hydrogen-bond donors (Lipinski definition) is 0. The lowest BCUT2D eigenvalue weighted by molar-refractivity contribution is 0.627. The van der Waals surface area contributed by atoms with Crippen LogP contribution in [0.5, 0.6) is 0 Å². The molecule has 0 aliphatic carbocycles. The molecule has 2 rings (SSSR count). The van der Waals surface area contributed by atoms with E-state index >= 15 is 0 Å². The molecule has 16 heavy (non-hydrogen) atoms. The highest BCUT2D eigenvalue weighted by atomic mass is 79.9. The first-order chi connectivity index (χ1) is 7.59. The van der Waals surface area contributed by atoms with Crippen molar-refractivity contribution in [2.24, 2.45) is 0 Å². The fraction of sp³-hybridized carbons (Fsp3) is 0.0909. The largest absolute Gasteiger partial charge is 0.288 e. The van der Waals surface area contributed by atoms with Gasteiger partial charge >= 0.3 is 0 Å². The van der Waals surface area contributed by atoms with Gasteiger partial charge in [-0.05, 0) is 47.1 Å². The van der Waals surface area contributed by atoms with Crippen LogP contribution in [0.25, 0.3) is 5.69 Å². The van der Waals surface area contributed by atoms with E-state index in [-0.39, 0.29) is 16.0 Å². The number of rotatable bonds is 1. The molecule has 1 aromatic heterocycles. The minimum atomic E-state index is -0.331. The second-order valence-corrected chi connectivity index (χ2v) is 4.06. The molecule has 0 saturated carbocycles. The maximum Gasteiger partial charge on any atom is 0.288 e. The van der Waals surface area contributed by atoms with E-state index in [9.17, 15) is 9.18 Å². The molecule has 0 N–H and O–H groups in total. The second-order valence-electron chi connectivity index (χ2n) is 3.31. The predicted octanol–water partition coefficient (Wildman–Crippen LogP) is 2.44. The molecule has 0 bridgehead atoms. The third kappa shape index (κ3) is 1.90. The van der Waals surface area contributed by atoms with Crippen LogP contribution in [0.15, 0.2) is 39.9 Å². The highest BCUT2D eigenvalue weighted by Gasteiger charge is 2.07. The zero-order valence-electron chi connectivity index (χ0n) is 8.45. The van der Waals surface area contributed by atoms with Crippen molar-refractivity contribution < 1.29 is 4.39 Å². The van der Waals surface area contributed by atoms with Gasteiger partial charge in [0.1, 0.15) is 5.82 Å². The van der Waals surface area contributed by atoms with E-state index in [1.54, 1.807) is 25.3 Å². The molecule has 1 heterocycles. The Kier molecular flexibility index (Phi) is 2.87. The van der Waals surface area contributed by atoms with E-state index in [4.69, 9.17) is 0 Å². The quantitative estimate of drug-likeness (QED) is 0.805. The Labute approximate surface area is 99.7 Å². The van der Waals surface area contributed by atoms with E-state index in [0.29, 0.717) is 11.4 Å². The number of hydrogen-bond acceptors (Lipinski definition) is 2. The summed E-state index contributed by atoms with van der Waals surface area (Å²) in [4.78, 5) is 15.7. The first-order valence-electron chi connectivity index (χ1n) is 4.59. The van der Waals surface area contributed by atoms with Gasteiger partial charge in [0.25, 0.3) is 5.56 Å². The maximum absolute atomic E-state index is 12.8. The van der Waals surface area contributed by atoms with Crippen LogP contribution in [0.4, 0.5) is 4.39 Å². The number of aryl methyl sites for hydroxylation is 1. The minimum Gasteiger partial charge on any atom is -0.278 e. The van der Waals surface area contributed by atoms with Crippen molar-refractivity contribution in [3.8, 4) is 5.69 Å². The van der Waals surface area contributed by atoms with Crippen LogP contribution in [0, 0.1) is 12.7 Å². The van der Waals surface area contributed by atoms with Gasteiger partial charge in [0.15, 0.2) is 4.60 Å². The minimum absolute atomic E-state index is 0.238. The molecule has 0 atom stereocenters. The van der Waals surface area contributed by atoms with Crippen LogP contribution < -0.4 is 5.56 Å². The number of halogens is 2. The Hall–Kier alpha value is -1.49. The molecule has 0 radical (unpaired) electrons. The monoisotopic (exact) mass is 282 g/mol. The first kappa shape index (κ1) is 11.0. The van der Waals surface area contributed by atoms with Crippen molar-refractivity contribution in [2.45, 2.75) is 6.92 Å². The lowest BCUT2D eigenvalue weighted by atomic mass is 10.3. The molecule has 0 amide bonds. The van der Waals surface area contributed by atoms with E-state index < -0.39 is 0 Å². The predicted molar refractivity (Wildman–Crippen MR) is 62.2 cm³/mol. The smallest absolute Gasteiger partial charge is 0.278 e. The Bertz CT molecular complexity index is 578. The van der Waals surface area contributed by atoms with Crippen molar-refractivity contribution in [1.82, 2.24) is 9.55 Å². The summed E-state index contributed by atoms with van der Waals surface area (Å²) in [7, 11) is 0. The molecule has 3 nitrogen and oxygen atoms in total. The van der Waals surface area contributed by atoms with Gasteiger partial charge in [-0.25, -0.2) is 9.37 Å². The average molecular weight is 283 g/mol. The number of aromatic nitrogens is 2. The lowest BCUT2D eigenvalue weighted by Gasteiger charge is -2.09. The summed E-state index contributed by atoms with van der Waals surface area (Å²) < 4.78 is 14.5. The van der Waals surface area contributed by atoms with Gasteiger partial charge in [0.05, 0.1) is 0 Å². The summed E-state index contributed by atoms with van der Waals surface area (Å²) in [5, 5.41) is 0. The van der Waals surface area contributed by atoms with Gasteiger partial charge in [-0.2, -0.15) is 0 Å². The summed E-state index contributed by atoms with van der Waals surface area (Å²) in [5.74, 6) is -0.331. The number of benzene rings is 1. The summed E-state index contributed by atoms with van der Waals surface area (Å²) >= 11 is 3.07. The van der Waals surface area contributed by atoms with Crippen LogP contribution in [-0.2, 0) is 0 Å².